The topological polar surface area (TPSA) is 49.6 Å². The van der Waals surface area contributed by atoms with E-state index in [-0.39, 0.29) is 17.9 Å². The normalized spacial score (nSPS) is 21.3. The zero-order valence-electron chi connectivity index (χ0n) is 12.8. The molecule has 1 aliphatic heterocycles. The Bertz CT molecular complexity index is 477. The third-order valence-corrected chi connectivity index (χ3v) is 4.73. The number of carbonyl (C=O) groups excluding carboxylic acids is 1. The Kier molecular flexibility index (Phi) is 5.79. The molecule has 1 aliphatic rings. The third-order valence-electron chi connectivity index (χ3n) is 4.20. The van der Waals surface area contributed by atoms with E-state index in [1.54, 1.807) is 0 Å². The van der Waals surface area contributed by atoms with Crippen LogP contribution in [0.4, 0.5) is 0 Å². The van der Waals surface area contributed by atoms with Crippen molar-refractivity contribution in [3.63, 3.8) is 0 Å². The fourth-order valence-corrected chi connectivity index (χ4v) is 3.09. The van der Waals surface area contributed by atoms with Gasteiger partial charge in [-0.25, -0.2) is 0 Å². The third kappa shape index (κ3) is 4.28. The van der Waals surface area contributed by atoms with Crippen LogP contribution in [0.5, 0.6) is 0 Å². The molecule has 116 valence electrons. The van der Waals surface area contributed by atoms with Crippen LogP contribution in [0.15, 0.2) is 28.7 Å². The van der Waals surface area contributed by atoms with Crippen molar-refractivity contribution in [2.24, 2.45) is 5.73 Å². The molecule has 1 heterocycles. The number of nitrogens with zero attached hydrogens (tertiary/aromatic N) is 2. The molecule has 21 heavy (non-hydrogen) atoms. The van der Waals surface area contributed by atoms with Gasteiger partial charge in [-0.15, -0.1) is 0 Å². The van der Waals surface area contributed by atoms with Crippen molar-refractivity contribution in [2.45, 2.75) is 25.3 Å². The Morgan fingerprint density at radius 2 is 2.05 bits per heavy atom. The Morgan fingerprint density at radius 3 is 2.67 bits per heavy atom. The maximum atomic E-state index is 12.6. The molecule has 2 N–H and O–H groups in total. The van der Waals surface area contributed by atoms with Gasteiger partial charge >= 0.3 is 0 Å². The first-order valence-corrected chi connectivity index (χ1v) is 8.24. The van der Waals surface area contributed by atoms with Gasteiger partial charge in [-0.05, 0) is 30.7 Å². The SMILES string of the molecule is CC(CC(=O)N1CCN(C)CC1CN)c1ccc(Br)cc1. The van der Waals surface area contributed by atoms with Crippen molar-refractivity contribution in [1.82, 2.24) is 9.80 Å². The summed E-state index contributed by atoms with van der Waals surface area (Å²) in [5, 5.41) is 0. The summed E-state index contributed by atoms with van der Waals surface area (Å²) in [5.74, 6) is 0.442. The lowest BCUT2D eigenvalue weighted by Crippen LogP contribution is -2.56. The van der Waals surface area contributed by atoms with Crippen molar-refractivity contribution in [1.29, 1.82) is 0 Å². The monoisotopic (exact) mass is 353 g/mol. The number of halogens is 1. The number of hydrogen-bond donors (Lipinski definition) is 1. The number of nitrogens with two attached hydrogens (primary N) is 1. The second kappa shape index (κ2) is 7.38. The van der Waals surface area contributed by atoms with Gasteiger partial charge in [0.25, 0.3) is 0 Å². The van der Waals surface area contributed by atoms with Crippen molar-refractivity contribution in [3.8, 4) is 0 Å². The zero-order chi connectivity index (χ0) is 15.4. The lowest BCUT2D eigenvalue weighted by Gasteiger charge is -2.40. The van der Waals surface area contributed by atoms with Gasteiger partial charge in [0.2, 0.25) is 5.91 Å². The summed E-state index contributed by atoms with van der Waals surface area (Å²) < 4.78 is 1.06. The van der Waals surface area contributed by atoms with Gasteiger partial charge in [0.05, 0.1) is 6.04 Å². The molecule has 1 aromatic rings. The number of rotatable bonds is 4. The van der Waals surface area contributed by atoms with E-state index in [0.717, 1.165) is 24.1 Å². The van der Waals surface area contributed by atoms with Crippen LogP contribution in [0, 0.1) is 0 Å². The van der Waals surface area contributed by atoms with Gasteiger partial charge in [-0.1, -0.05) is 35.0 Å². The summed E-state index contributed by atoms with van der Waals surface area (Å²) in [6.07, 6.45) is 0.543. The summed E-state index contributed by atoms with van der Waals surface area (Å²) in [6, 6.07) is 8.34. The van der Waals surface area contributed by atoms with Gasteiger partial charge in [-0.2, -0.15) is 0 Å². The lowest BCUT2D eigenvalue weighted by atomic mass is 9.96. The maximum Gasteiger partial charge on any atom is 0.223 e. The molecule has 0 radical (unpaired) electrons. The van der Waals surface area contributed by atoms with E-state index in [1.165, 1.54) is 5.56 Å². The Labute approximate surface area is 135 Å². The predicted octanol–water partition coefficient (Wildman–Crippen LogP) is 2.04. The number of hydrogen-bond acceptors (Lipinski definition) is 3. The summed E-state index contributed by atoms with van der Waals surface area (Å²) in [5.41, 5.74) is 7.03. The molecule has 1 saturated heterocycles. The number of piperazine rings is 1. The fourth-order valence-electron chi connectivity index (χ4n) is 2.83. The smallest absolute Gasteiger partial charge is 0.223 e. The van der Waals surface area contributed by atoms with Crippen molar-refractivity contribution in [2.75, 3.05) is 33.2 Å². The molecular weight excluding hydrogens is 330 g/mol. The van der Waals surface area contributed by atoms with Gasteiger partial charge in [0, 0.05) is 37.1 Å². The van der Waals surface area contributed by atoms with E-state index < -0.39 is 0 Å². The van der Waals surface area contributed by atoms with Crippen molar-refractivity contribution in [3.05, 3.63) is 34.3 Å². The van der Waals surface area contributed by atoms with Crippen LogP contribution in [0.3, 0.4) is 0 Å². The number of likely N-dealkylation sites (N-methyl/N-ethyl adjacent to an activating group) is 1. The predicted molar refractivity (Wildman–Crippen MR) is 89.2 cm³/mol. The standard InChI is InChI=1S/C16H24BrN3O/c1-12(13-3-5-14(17)6-4-13)9-16(21)20-8-7-19(2)11-15(20)10-18/h3-6,12,15H,7-11,18H2,1-2H3. The van der Waals surface area contributed by atoms with Crippen LogP contribution >= 0.6 is 15.9 Å². The number of amides is 1. The summed E-state index contributed by atoms with van der Waals surface area (Å²) >= 11 is 3.44. The zero-order valence-corrected chi connectivity index (χ0v) is 14.3. The average molecular weight is 354 g/mol. The first-order valence-electron chi connectivity index (χ1n) is 7.44. The number of benzene rings is 1. The average Bonchev–Trinajstić information content (AvgIpc) is 2.47. The van der Waals surface area contributed by atoms with E-state index in [1.807, 2.05) is 17.0 Å². The Balaban J connectivity index is 1.98. The van der Waals surface area contributed by atoms with E-state index in [9.17, 15) is 4.79 Å². The molecule has 4 nitrogen and oxygen atoms in total. The Hall–Kier alpha value is -0.910. The minimum absolute atomic E-state index is 0.147. The Morgan fingerprint density at radius 1 is 1.38 bits per heavy atom. The molecule has 0 saturated carbocycles. The van der Waals surface area contributed by atoms with Gasteiger partial charge in [-0.3, -0.25) is 4.79 Å². The molecule has 1 fully saturated rings. The van der Waals surface area contributed by atoms with Crippen LogP contribution in [0.2, 0.25) is 0 Å². The highest BCUT2D eigenvalue weighted by molar-refractivity contribution is 9.10. The van der Waals surface area contributed by atoms with Crippen LogP contribution in [-0.4, -0.2) is 55.0 Å². The highest BCUT2D eigenvalue weighted by Gasteiger charge is 2.28. The fraction of sp³-hybridized carbons (Fsp3) is 0.562. The minimum Gasteiger partial charge on any atom is -0.336 e. The van der Waals surface area contributed by atoms with Crippen molar-refractivity contribution < 1.29 is 4.79 Å². The van der Waals surface area contributed by atoms with Gasteiger partial charge in [0.15, 0.2) is 0 Å². The molecule has 2 rings (SSSR count). The molecule has 0 aromatic heterocycles. The highest BCUT2D eigenvalue weighted by atomic mass is 79.9. The molecule has 0 spiro atoms. The van der Waals surface area contributed by atoms with Gasteiger partial charge in [0.1, 0.15) is 0 Å². The molecule has 5 heteroatoms. The summed E-state index contributed by atoms with van der Waals surface area (Å²) in [7, 11) is 2.08. The minimum atomic E-state index is 0.147. The van der Waals surface area contributed by atoms with Crippen LogP contribution in [0.25, 0.3) is 0 Å². The van der Waals surface area contributed by atoms with Crippen LogP contribution < -0.4 is 5.73 Å². The molecule has 1 amide bonds. The largest absolute Gasteiger partial charge is 0.336 e. The van der Waals surface area contributed by atoms with Crippen molar-refractivity contribution >= 4 is 21.8 Å². The quantitative estimate of drug-likeness (QED) is 0.900. The molecule has 2 unspecified atom stereocenters. The summed E-state index contributed by atoms with van der Waals surface area (Å²) in [4.78, 5) is 16.8. The highest BCUT2D eigenvalue weighted by Crippen LogP contribution is 2.23. The van der Waals surface area contributed by atoms with E-state index in [2.05, 4.69) is 46.9 Å². The molecule has 0 bridgehead atoms. The van der Waals surface area contributed by atoms with E-state index in [4.69, 9.17) is 5.73 Å². The molecule has 1 aromatic carbocycles. The second-order valence-corrected chi connectivity index (χ2v) is 6.81. The first kappa shape index (κ1) is 16.5. The summed E-state index contributed by atoms with van der Waals surface area (Å²) in [6.45, 7) is 5.21. The second-order valence-electron chi connectivity index (χ2n) is 5.90. The molecular formula is C16H24BrN3O. The number of carbonyl (C=O) groups is 1. The first-order chi connectivity index (χ1) is 10.0. The molecule has 2 atom stereocenters. The lowest BCUT2D eigenvalue weighted by molar-refractivity contribution is -0.136. The van der Waals surface area contributed by atoms with Crippen LogP contribution in [0.1, 0.15) is 24.8 Å². The maximum absolute atomic E-state index is 12.6. The molecule has 0 aliphatic carbocycles. The van der Waals surface area contributed by atoms with E-state index in [0.29, 0.717) is 13.0 Å². The van der Waals surface area contributed by atoms with Gasteiger partial charge < -0.3 is 15.5 Å². The van der Waals surface area contributed by atoms with Crippen LogP contribution in [-0.2, 0) is 4.79 Å². The van der Waals surface area contributed by atoms with E-state index >= 15 is 0 Å².